The van der Waals surface area contributed by atoms with Gasteiger partial charge in [0.15, 0.2) is 0 Å². The zero-order valence-electron chi connectivity index (χ0n) is 7.73. The highest BCUT2D eigenvalue weighted by Gasteiger charge is 2.29. The van der Waals surface area contributed by atoms with Crippen molar-refractivity contribution in [2.24, 2.45) is 0 Å². The molecule has 1 rings (SSSR count). The molecule has 0 spiro atoms. The summed E-state index contributed by atoms with van der Waals surface area (Å²) >= 11 is 2.98. The molecule has 1 heterocycles. The van der Waals surface area contributed by atoms with Gasteiger partial charge in [0.05, 0.1) is 12.2 Å². The first kappa shape index (κ1) is 11.4. The maximum atomic E-state index is 11.5. The summed E-state index contributed by atoms with van der Waals surface area (Å²) in [4.78, 5) is 0. The van der Waals surface area contributed by atoms with E-state index in [1.807, 2.05) is 13.8 Å². The number of hydrogen-bond donors (Lipinski definition) is 0. The molecular weight excluding hydrogens is 258 g/mol. The summed E-state index contributed by atoms with van der Waals surface area (Å²) in [5, 5.41) is 0. The van der Waals surface area contributed by atoms with Crippen LogP contribution in [0.15, 0.2) is 0 Å². The first-order valence-corrected chi connectivity index (χ1v) is 6.88. The van der Waals surface area contributed by atoms with Crippen molar-refractivity contribution in [3.8, 4) is 0 Å². The van der Waals surface area contributed by atoms with E-state index in [9.17, 15) is 8.42 Å². The minimum atomic E-state index is -3.12. The van der Waals surface area contributed by atoms with Crippen LogP contribution in [-0.4, -0.2) is 42.7 Å². The average molecular weight is 272 g/mol. The average Bonchev–Trinajstić information content (AvgIpc) is 2.02. The van der Waals surface area contributed by atoms with Crippen LogP contribution in [0, 0.1) is 0 Å². The lowest BCUT2D eigenvalue weighted by atomic mass is 10.3. The molecule has 1 aliphatic rings. The predicted molar refractivity (Wildman–Crippen MR) is 54.3 cm³/mol. The van der Waals surface area contributed by atoms with Crippen LogP contribution >= 0.6 is 15.9 Å². The number of halogens is 1. The Morgan fingerprint density at radius 1 is 1.38 bits per heavy atom. The van der Waals surface area contributed by atoms with E-state index >= 15 is 0 Å². The zero-order valence-corrected chi connectivity index (χ0v) is 10.1. The summed E-state index contributed by atoms with van der Waals surface area (Å²) in [5.41, 5.74) is 0. The van der Waals surface area contributed by atoms with Gasteiger partial charge in [-0.25, -0.2) is 8.42 Å². The van der Waals surface area contributed by atoms with Crippen molar-refractivity contribution in [1.29, 1.82) is 0 Å². The first-order chi connectivity index (χ1) is 5.95. The van der Waals surface area contributed by atoms with Crippen LogP contribution in [0.5, 0.6) is 0 Å². The molecule has 78 valence electrons. The second-order valence-corrected chi connectivity index (χ2v) is 6.57. The highest BCUT2D eigenvalue weighted by atomic mass is 79.9. The van der Waals surface area contributed by atoms with Crippen LogP contribution in [0.4, 0.5) is 0 Å². The lowest BCUT2D eigenvalue weighted by Gasteiger charge is -2.33. The van der Waals surface area contributed by atoms with Gasteiger partial charge in [0.25, 0.3) is 0 Å². The van der Waals surface area contributed by atoms with Gasteiger partial charge in [-0.3, -0.25) is 0 Å². The van der Waals surface area contributed by atoms with Crippen LogP contribution in [-0.2, 0) is 14.8 Å². The maximum absolute atomic E-state index is 11.5. The molecule has 13 heavy (non-hydrogen) atoms. The topological polar surface area (TPSA) is 46.6 Å². The van der Waals surface area contributed by atoms with Gasteiger partial charge in [0.2, 0.25) is 10.0 Å². The molecule has 0 unspecified atom stereocenters. The SMILES string of the molecule is C[C@@H]1CN(S(=O)(=O)CBr)C[C@@H](C)O1. The van der Waals surface area contributed by atoms with E-state index in [2.05, 4.69) is 15.9 Å². The molecule has 0 aliphatic carbocycles. The number of morpholine rings is 1. The number of sulfonamides is 1. The van der Waals surface area contributed by atoms with E-state index in [0.29, 0.717) is 13.1 Å². The Kier molecular flexibility index (Phi) is 3.73. The van der Waals surface area contributed by atoms with E-state index in [4.69, 9.17) is 4.74 Å². The lowest BCUT2D eigenvalue weighted by molar-refractivity contribution is -0.0439. The minimum Gasteiger partial charge on any atom is -0.373 e. The molecular formula is C7H14BrNO3S. The Morgan fingerprint density at radius 2 is 1.85 bits per heavy atom. The van der Waals surface area contributed by atoms with Crippen molar-refractivity contribution in [3.05, 3.63) is 0 Å². The van der Waals surface area contributed by atoms with Gasteiger partial charge >= 0.3 is 0 Å². The fraction of sp³-hybridized carbons (Fsp3) is 1.00. The van der Waals surface area contributed by atoms with Crippen LogP contribution in [0.2, 0.25) is 0 Å². The number of ether oxygens (including phenoxy) is 1. The Labute approximate surface area is 87.4 Å². The molecule has 0 aromatic carbocycles. The second-order valence-electron chi connectivity index (χ2n) is 3.30. The summed E-state index contributed by atoms with van der Waals surface area (Å²) < 4.78 is 29.8. The van der Waals surface area contributed by atoms with E-state index < -0.39 is 10.0 Å². The largest absolute Gasteiger partial charge is 0.373 e. The first-order valence-electron chi connectivity index (χ1n) is 4.15. The number of rotatable bonds is 2. The van der Waals surface area contributed by atoms with E-state index in [0.717, 1.165) is 0 Å². The minimum absolute atomic E-state index is 0.0144. The predicted octanol–water partition coefficient (Wildman–Crippen LogP) is 0.778. The molecule has 4 nitrogen and oxygen atoms in total. The summed E-state index contributed by atoms with van der Waals surface area (Å²) in [5.74, 6) is 0. The molecule has 0 radical (unpaired) electrons. The Balaban J connectivity index is 2.71. The van der Waals surface area contributed by atoms with Gasteiger partial charge < -0.3 is 4.74 Å². The van der Waals surface area contributed by atoms with Gasteiger partial charge in [-0.05, 0) is 13.8 Å². The smallest absolute Gasteiger partial charge is 0.224 e. The van der Waals surface area contributed by atoms with Crippen molar-refractivity contribution in [1.82, 2.24) is 4.31 Å². The molecule has 0 amide bonds. The third-order valence-corrected chi connectivity index (χ3v) is 5.01. The van der Waals surface area contributed by atoms with Crippen molar-refractivity contribution in [2.45, 2.75) is 26.1 Å². The highest BCUT2D eigenvalue weighted by Crippen LogP contribution is 2.15. The Hall–Kier alpha value is 0.350. The quantitative estimate of drug-likeness (QED) is 0.698. The van der Waals surface area contributed by atoms with Crippen LogP contribution in [0.3, 0.4) is 0 Å². The Bertz CT molecular complexity index is 257. The third-order valence-electron chi connectivity index (χ3n) is 1.92. The standard InChI is InChI=1S/C7H14BrNO3S/c1-6-3-9(4-7(2)12-6)13(10,11)5-8/h6-7H,3-5H2,1-2H3/t6-,7-/m1/s1. The summed E-state index contributed by atoms with van der Waals surface area (Å²) in [6.07, 6.45) is -0.0323. The molecule has 0 aromatic rings. The zero-order chi connectivity index (χ0) is 10.1. The van der Waals surface area contributed by atoms with E-state index in [1.54, 1.807) is 0 Å². The van der Waals surface area contributed by atoms with Crippen molar-refractivity contribution in [2.75, 3.05) is 17.8 Å². The molecule has 0 saturated carbocycles. The molecule has 1 fully saturated rings. The van der Waals surface area contributed by atoms with Gasteiger partial charge in [-0.2, -0.15) is 4.31 Å². The fourth-order valence-electron chi connectivity index (χ4n) is 1.43. The molecule has 0 N–H and O–H groups in total. The molecule has 1 saturated heterocycles. The van der Waals surface area contributed by atoms with Crippen molar-refractivity contribution >= 4 is 26.0 Å². The lowest BCUT2D eigenvalue weighted by Crippen LogP contribution is -2.48. The van der Waals surface area contributed by atoms with Gasteiger partial charge in [0.1, 0.15) is 4.66 Å². The molecule has 1 aliphatic heterocycles. The number of hydrogen-bond acceptors (Lipinski definition) is 3. The Morgan fingerprint density at radius 3 is 2.23 bits per heavy atom. The van der Waals surface area contributed by atoms with E-state index in [-0.39, 0.29) is 16.9 Å². The normalized spacial score (nSPS) is 31.9. The third kappa shape index (κ3) is 2.90. The monoisotopic (exact) mass is 271 g/mol. The highest BCUT2D eigenvalue weighted by molar-refractivity contribution is 9.10. The molecule has 0 bridgehead atoms. The fourth-order valence-corrected chi connectivity index (χ4v) is 3.31. The van der Waals surface area contributed by atoms with Gasteiger partial charge in [-0.15, -0.1) is 0 Å². The summed E-state index contributed by atoms with van der Waals surface area (Å²) in [6.45, 7) is 4.68. The van der Waals surface area contributed by atoms with Gasteiger partial charge in [0, 0.05) is 13.1 Å². The van der Waals surface area contributed by atoms with Crippen molar-refractivity contribution < 1.29 is 13.2 Å². The molecule has 0 aromatic heterocycles. The summed E-state index contributed by atoms with van der Waals surface area (Å²) in [7, 11) is -3.12. The van der Waals surface area contributed by atoms with Crippen molar-refractivity contribution in [3.63, 3.8) is 0 Å². The van der Waals surface area contributed by atoms with Crippen LogP contribution < -0.4 is 0 Å². The number of alkyl halides is 1. The summed E-state index contributed by atoms with van der Waals surface area (Å²) in [6, 6.07) is 0. The van der Waals surface area contributed by atoms with Crippen LogP contribution in [0.1, 0.15) is 13.8 Å². The van der Waals surface area contributed by atoms with Crippen LogP contribution in [0.25, 0.3) is 0 Å². The molecule has 6 heteroatoms. The molecule has 2 atom stereocenters. The van der Waals surface area contributed by atoms with E-state index in [1.165, 1.54) is 4.31 Å². The van der Waals surface area contributed by atoms with Gasteiger partial charge in [-0.1, -0.05) is 15.9 Å². The number of nitrogens with zero attached hydrogens (tertiary/aromatic N) is 1. The maximum Gasteiger partial charge on any atom is 0.224 e. The second kappa shape index (κ2) is 4.25.